The van der Waals surface area contributed by atoms with Crippen LogP contribution in [-0.4, -0.2) is 31.7 Å². The van der Waals surface area contributed by atoms with E-state index in [1.807, 2.05) is 12.1 Å². The largest absolute Gasteiger partial charge is 0.496 e. The van der Waals surface area contributed by atoms with Crippen LogP contribution in [-0.2, 0) is 17.7 Å². The predicted molar refractivity (Wildman–Crippen MR) is 118 cm³/mol. The summed E-state index contributed by atoms with van der Waals surface area (Å²) in [4.78, 5) is 2.46. The number of allylic oxidation sites excluding steroid dienone is 1. The van der Waals surface area contributed by atoms with Crippen molar-refractivity contribution < 1.29 is 9.47 Å². The number of ether oxygens (including phenoxy) is 2. The molecule has 0 radical (unpaired) electrons. The number of morpholine rings is 1. The highest BCUT2D eigenvalue weighted by Gasteiger charge is 2.21. The lowest BCUT2D eigenvalue weighted by Gasteiger charge is -2.31. The summed E-state index contributed by atoms with van der Waals surface area (Å²) in [6.45, 7) is 3.40. The number of rotatable bonds is 6. The van der Waals surface area contributed by atoms with Crippen molar-refractivity contribution in [3.63, 3.8) is 0 Å². The first kappa shape index (κ1) is 19.3. The van der Waals surface area contributed by atoms with Gasteiger partial charge >= 0.3 is 0 Å². The van der Waals surface area contributed by atoms with E-state index in [1.165, 1.54) is 22.3 Å². The first-order valence-electron chi connectivity index (χ1n) is 10.1. The Balaban J connectivity index is 1.65. The fourth-order valence-electron chi connectivity index (χ4n) is 3.83. The van der Waals surface area contributed by atoms with Crippen molar-refractivity contribution in [1.82, 2.24) is 4.90 Å². The Morgan fingerprint density at radius 3 is 2.34 bits per heavy atom. The Labute approximate surface area is 173 Å². The number of hydrogen-bond acceptors (Lipinski definition) is 3. The summed E-state index contributed by atoms with van der Waals surface area (Å²) in [7, 11) is 1.73. The van der Waals surface area contributed by atoms with E-state index in [0.717, 1.165) is 37.6 Å². The van der Waals surface area contributed by atoms with Gasteiger partial charge in [-0.1, -0.05) is 78.9 Å². The highest BCUT2D eigenvalue weighted by Crippen LogP contribution is 2.30. The highest BCUT2D eigenvalue weighted by atomic mass is 16.5. The van der Waals surface area contributed by atoms with Gasteiger partial charge < -0.3 is 9.47 Å². The van der Waals surface area contributed by atoms with Gasteiger partial charge in [0.05, 0.1) is 13.7 Å². The van der Waals surface area contributed by atoms with Crippen molar-refractivity contribution in [2.24, 2.45) is 0 Å². The molecule has 1 heterocycles. The molecule has 0 bridgehead atoms. The van der Waals surface area contributed by atoms with E-state index in [1.54, 1.807) is 7.11 Å². The van der Waals surface area contributed by atoms with E-state index in [0.29, 0.717) is 6.61 Å². The third-order valence-corrected chi connectivity index (χ3v) is 5.32. The van der Waals surface area contributed by atoms with Gasteiger partial charge in [0.25, 0.3) is 0 Å². The molecule has 148 valence electrons. The average Bonchev–Trinajstić information content (AvgIpc) is 2.79. The fraction of sp³-hybridized carbons (Fsp3) is 0.231. The monoisotopic (exact) mass is 385 g/mol. The van der Waals surface area contributed by atoms with Crippen LogP contribution in [0, 0.1) is 0 Å². The summed E-state index contributed by atoms with van der Waals surface area (Å²) in [5.74, 6) is 1.97. The number of methoxy groups -OCH3 is 1. The normalized spacial score (nSPS) is 16.2. The summed E-state index contributed by atoms with van der Waals surface area (Å²) in [5, 5.41) is 0. The molecular formula is C26H27NO2. The molecule has 0 saturated carbocycles. The van der Waals surface area contributed by atoms with E-state index < -0.39 is 0 Å². The minimum absolute atomic E-state index is 0.713. The molecule has 3 aromatic rings. The number of hydrogen-bond donors (Lipinski definition) is 0. The molecule has 1 fully saturated rings. The molecule has 0 aromatic heterocycles. The van der Waals surface area contributed by atoms with Crippen molar-refractivity contribution in [2.75, 3.05) is 26.8 Å². The lowest BCUT2D eigenvalue weighted by Crippen LogP contribution is -2.35. The van der Waals surface area contributed by atoms with Crippen LogP contribution in [0.15, 0.2) is 90.7 Å². The van der Waals surface area contributed by atoms with Crippen molar-refractivity contribution in [2.45, 2.75) is 13.0 Å². The second kappa shape index (κ2) is 9.44. The molecule has 1 aliphatic rings. The first-order valence-corrected chi connectivity index (χ1v) is 10.1. The Morgan fingerprint density at radius 1 is 0.897 bits per heavy atom. The molecule has 29 heavy (non-hydrogen) atoms. The lowest BCUT2D eigenvalue weighted by molar-refractivity contribution is 0.0906. The maximum Gasteiger partial charge on any atom is 0.122 e. The van der Waals surface area contributed by atoms with E-state index in [2.05, 4.69) is 77.7 Å². The standard InChI is InChI=1S/C26H27NO2/c1-28-25-15-9-8-14-23(25)18-24(22-12-6-3-7-13-22)26-20-27(16-17-29-26)19-21-10-4-2-5-11-21/h2-15H,16-20H2,1H3/b26-24-. The van der Waals surface area contributed by atoms with Gasteiger partial charge in [-0.25, -0.2) is 0 Å². The third-order valence-electron chi connectivity index (χ3n) is 5.32. The molecular weight excluding hydrogens is 358 g/mol. The molecule has 3 nitrogen and oxygen atoms in total. The van der Waals surface area contributed by atoms with Crippen molar-refractivity contribution in [3.8, 4) is 5.75 Å². The minimum atomic E-state index is 0.713. The zero-order chi connectivity index (χ0) is 19.9. The van der Waals surface area contributed by atoms with Gasteiger partial charge in [-0.15, -0.1) is 0 Å². The van der Waals surface area contributed by atoms with Crippen LogP contribution in [0.2, 0.25) is 0 Å². The Kier molecular flexibility index (Phi) is 6.28. The molecule has 0 amide bonds. The highest BCUT2D eigenvalue weighted by molar-refractivity contribution is 5.70. The summed E-state index contributed by atoms with van der Waals surface area (Å²) >= 11 is 0. The molecule has 1 aliphatic heterocycles. The van der Waals surface area contributed by atoms with Crippen LogP contribution in [0.5, 0.6) is 5.75 Å². The quantitative estimate of drug-likeness (QED) is 0.583. The number of para-hydroxylation sites is 1. The summed E-state index contributed by atoms with van der Waals surface area (Å²) < 4.78 is 11.8. The molecule has 0 N–H and O–H groups in total. The van der Waals surface area contributed by atoms with Gasteiger partial charge in [-0.05, 0) is 22.8 Å². The zero-order valence-corrected chi connectivity index (χ0v) is 16.9. The maximum atomic E-state index is 6.21. The van der Waals surface area contributed by atoms with Crippen LogP contribution in [0.3, 0.4) is 0 Å². The maximum absolute atomic E-state index is 6.21. The Bertz CT molecular complexity index is 951. The van der Waals surface area contributed by atoms with Crippen molar-refractivity contribution >= 4 is 5.57 Å². The van der Waals surface area contributed by atoms with E-state index >= 15 is 0 Å². The van der Waals surface area contributed by atoms with Gasteiger partial charge in [0.1, 0.15) is 18.1 Å². The Hall–Kier alpha value is -3.04. The molecule has 4 rings (SSSR count). The van der Waals surface area contributed by atoms with Crippen LogP contribution in [0.1, 0.15) is 16.7 Å². The molecule has 3 heteroatoms. The molecule has 3 aromatic carbocycles. The number of benzene rings is 3. The topological polar surface area (TPSA) is 21.7 Å². The SMILES string of the molecule is COc1ccccc1C/C(=C1\CN(Cc2ccccc2)CCO1)c1ccccc1. The van der Waals surface area contributed by atoms with E-state index in [9.17, 15) is 0 Å². The van der Waals surface area contributed by atoms with Crippen LogP contribution >= 0.6 is 0 Å². The first-order chi connectivity index (χ1) is 14.3. The molecule has 0 spiro atoms. The molecule has 1 saturated heterocycles. The van der Waals surface area contributed by atoms with E-state index in [4.69, 9.17) is 9.47 Å². The second-order valence-corrected chi connectivity index (χ2v) is 7.30. The van der Waals surface area contributed by atoms with Gasteiger partial charge in [0.15, 0.2) is 0 Å². The minimum Gasteiger partial charge on any atom is -0.496 e. The van der Waals surface area contributed by atoms with Crippen LogP contribution < -0.4 is 4.74 Å². The van der Waals surface area contributed by atoms with Gasteiger partial charge in [0, 0.05) is 25.1 Å². The molecule has 0 atom stereocenters. The number of nitrogens with zero attached hydrogens (tertiary/aromatic N) is 1. The second-order valence-electron chi connectivity index (χ2n) is 7.30. The van der Waals surface area contributed by atoms with E-state index in [-0.39, 0.29) is 0 Å². The average molecular weight is 386 g/mol. The zero-order valence-electron chi connectivity index (χ0n) is 16.9. The lowest BCUT2D eigenvalue weighted by atomic mass is 9.95. The predicted octanol–water partition coefficient (Wildman–Crippen LogP) is 5.18. The van der Waals surface area contributed by atoms with Crippen LogP contribution in [0.25, 0.3) is 5.57 Å². The van der Waals surface area contributed by atoms with Gasteiger partial charge in [-0.2, -0.15) is 0 Å². The van der Waals surface area contributed by atoms with Crippen molar-refractivity contribution in [1.29, 1.82) is 0 Å². The summed E-state index contributed by atoms with van der Waals surface area (Å²) in [6, 6.07) is 29.4. The molecule has 0 unspecified atom stereocenters. The summed E-state index contributed by atoms with van der Waals surface area (Å²) in [5.41, 5.74) is 4.94. The van der Waals surface area contributed by atoms with Crippen molar-refractivity contribution in [3.05, 3.63) is 107 Å². The Morgan fingerprint density at radius 2 is 1.59 bits per heavy atom. The third kappa shape index (κ3) is 4.87. The molecule has 0 aliphatic carbocycles. The van der Waals surface area contributed by atoms with Gasteiger partial charge in [-0.3, -0.25) is 4.90 Å². The smallest absolute Gasteiger partial charge is 0.122 e. The fourth-order valence-corrected chi connectivity index (χ4v) is 3.83. The van der Waals surface area contributed by atoms with Crippen LogP contribution in [0.4, 0.5) is 0 Å². The summed E-state index contributed by atoms with van der Waals surface area (Å²) in [6.07, 6.45) is 0.780. The van der Waals surface area contributed by atoms with Gasteiger partial charge in [0.2, 0.25) is 0 Å².